The molecule has 0 radical (unpaired) electrons. The quantitative estimate of drug-likeness (QED) is 0.834. The summed E-state index contributed by atoms with van der Waals surface area (Å²) in [6.07, 6.45) is 4.24. The first-order valence-corrected chi connectivity index (χ1v) is 7.09. The third-order valence-corrected chi connectivity index (χ3v) is 3.94. The Morgan fingerprint density at radius 3 is 2.55 bits per heavy atom. The van der Waals surface area contributed by atoms with Gasteiger partial charge in [-0.1, -0.05) is 19.3 Å². The van der Waals surface area contributed by atoms with Gasteiger partial charge in [-0.2, -0.15) is 0 Å². The second kappa shape index (κ2) is 6.11. The predicted molar refractivity (Wildman–Crippen MR) is 73.6 cm³/mol. The van der Waals surface area contributed by atoms with Crippen LogP contribution >= 0.6 is 0 Å². The molecule has 1 aromatic rings. The first-order chi connectivity index (χ1) is 9.49. The monoisotopic (exact) mass is 279 g/mol. The van der Waals surface area contributed by atoms with Crippen LogP contribution in [-0.4, -0.2) is 23.0 Å². The standard InChI is InChI=1S/C15H21NO4/c1-9-8-12(10(2)20-9)14(17)16-13-7-5-3-4-6-11(13)15(18)19/h8,11,13H,3-7H2,1-2H3,(H,16,17)(H,18,19)/t11-,13+/m1/s1. The van der Waals surface area contributed by atoms with Crippen molar-refractivity contribution in [3.05, 3.63) is 23.2 Å². The summed E-state index contributed by atoms with van der Waals surface area (Å²) >= 11 is 0. The highest BCUT2D eigenvalue weighted by Crippen LogP contribution is 2.24. The SMILES string of the molecule is Cc1cc(C(=O)N[C@H]2CCCCC[C@H]2C(=O)O)c(C)o1. The molecular formula is C15H21NO4. The molecule has 1 aromatic heterocycles. The molecule has 1 aliphatic carbocycles. The van der Waals surface area contributed by atoms with Crippen LogP contribution < -0.4 is 5.32 Å². The van der Waals surface area contributed by atoms with Crippen molar-refractivity contribution in [1.82, 2.24) is 5.32 Å². The lowest BCUT2D eigenvalue weighted by Crippen LogP contribution is -2.42. The minimum absolute atomic E-state index is 0.238. The average Bonchev–Trinajstić information content (AvgIpc) is 2.60. The van der Waals surface area contributed by atoms with Crippen LogP contribution in [0.2, 0.25) is 0 Å². The summed E-state index contributed by atoms with van der Waals surface area (Å²) in [4.78, 5) is 23.6. The fourth-order valence-corrected chi connectivity index (χ4v) is 2.88. The van der Waals surface area contributed by atoms with Gasteiger partial charge in [-0.25, -0.2) is 0 Å². The highest BCUT2D eigenvalue weighted by molar-refractivity contribution is 5.95. The van der Waals surface area contributed by atoms with Crippen molar-refractivity contribution in [3.8, 4) is 0 Å². The van der Waals surface area contributed by atoms with E-state index in [-0.39, 0.29) is 11.9 Å². The summed E-state index contributed by atoms with van der Waals surface area (Å²) in [7, 11) is 0. The molecule has 1 heterocycles. The van der Waals surface area contributed by atoms with Crippen molar-refractivity contribution in [1.29, 1.82) is 0 Å². The Kier molecular flexibility index (Phi) is 4.47. The highest BCUT2D eigenvalue weighted by atomic mass is 16.4. The molecule has 2 N–H and O–H groups in total. The molecule has 1 fully saturated rings. The zero-order chi connectivity index (χ0) is 14.7. The topological polar surface area (TPSA) is 79.5 Å². The minimum Gasteiger partial charge on any atom is -0.481 e. The van der Waals surface area contributed by atoms with Gasteiger partial charge >= 0.3 is 5.97 Å². The Morgan fingerprint density at radius 2 is 1.95 bits per heavy atom. The molecule has 5 nitrogen and oxygen atoms in total. The molecule has 0 bridgehead atoms. The molecule has 0 unspecified atom stereocenters. The van der Waals surface area contributed by atoms with Crippen LogP contribution in [-0.2, 0) is 4.79 Å². The van der Waals surface area contributed by atoms with Gasteiger partial charge in [-0.05, 0) is 32.8 Å². The van der Waals surface area contributed by atoms with Crippen molar-refractivity contribution >= 4 is 11.9 Å². The number of amides is 1. The fourth-order valence-electron chi connectivity index (χ4n) is 2.88. The number of aliphatic carboxylic acids is 1. The van der Waals surface area contributed by atoms with Crippen LogP contribution in [0.15, 0.2) is 10.5 Å². The normalized spacial score (nSPS) is 23.1. The van der Waals surface area contributed by atoms with Crippen molar-refractivity contribution < 1.29 is 19.1 Å². The van der Waals surface area contributed by atoms with Gasteiger partial charge in [0.1, 0.15) is 11.5 Å². The highest BCUT2D eigenvalue weighted by Gasteiger charge is 2.31. The summed E-state index contributed by atoms with van der Waals surface area (Å²) in [5.74, 6) is -0.298. The second-order valence-corrected chi connectivity index (χ2v) is 5.49. The molecular weight excluding hydrogens is 258 g/mol. The lowest BCUT2D eigenvalue weighted by Gasteiger charge is -2.22. The van der Waals surface area contributed by atoms with E-state index in [0.29, 0.717) is 23.5 Å². The maximum Gasteiger partial charge on any atom is 0.308 e. The van der Waals surface area contributed by atoms with E-state index in [4.69, 9.17) is 4.42 Å². The minimum atomic E-state index is -0.822. The molecule has 0 spiro atoms. The predicted octanol–water partition coefficient (Wildman–Crippen LogP) is 2.66. The molecule has 5 heteroatoms. The zero-order valence-electron chi connectivity index (χ0n) is 11.9. The van der Waals surface area contributed by atoms with E-state index < -0.39 is 11.9 Å². The van der Waals surface area contributed by atoms with Gasteiger partial charge in [-0.15, -0.1) is 0 Å². The summed E-state index contributed by atoms with van der Waals surface area (Å²) in [5.41, 5.74) is 0.496. The fraction of sp³-hybridized carbons (Fsp3) is 0.600. The summed E-state index contributed by atoms with van der Waals surface area (Å²) in [6, 6.07) is 1.40. The number of hydrogen-bond donors (Lipinski definition) is 2. The lowest BCUT2D eigenvalue weighted by molar-refractivity contribution is -0.142. The van der Waals surface area contributed by atoms with Crippen LogP contribution in [0, 0.1) is 19.8 Å². The van der Waals surface area contributed by atoms with E-state index in [1.54, 1.807) is 19.9 Å². The number of furan rings is 1. The zero-order valence-corrected chi connectivity index (χ0v) is 11.9. The average molecular weight is 279 g/mol. The van der Waals surface area contributed by atoms with Crippen LogP contribution in [0.5, 0.6) is 0 Å². The number of carbonyl (C=O) groups is 2. The second-order valence-electron chi connectivity index (χ2n) is 5.49. The van der Waals surface area contributed by atoms with Crippen molar-refractivity contribution in [3.63, 3.8) is 0 Å². The Morgan fingerprint density at radius 1 is 1.25 bits per heavy atom. The first kappa shape index (κ1) is 14.6. The molecule has 0 aliphatic heterocycles. The molecule has 0 aromatic carbocycles. The molecule has 110 valence electrons. The Balaban J connectivity index is 2.11. The van der Waals surface area contributed by atoms with Crippen molar-refractivity contribution in [2.24, 2.45) is 5.92 Å². The van der Waals surface area contributed by atoms with Crippen molar-refractivity contribution in [2.45, 2.75) is 52.0 Å². The number of carbonyl (C=O) groups excluding carboxylic acids is 1. The lowest BCUT2D eigenvalue weighted by atomic mass is 9.94. The van der Waals surface area contributed by atoms with Crippen LogP contribution in [0.3, 0.4) is 0 Å². The number of rotatable bonds is 3. The molecule has 2 atom stereocenters. The van der Waals surface area contributed by atoms with E-state index in [1.165, 1.54) is 0 Å². The molecule has 1 amide bonds. The Bertz CT molecular complexity index is 506. The Hall–Kier alpha value is -1.78. The van der Waals surface area contributed by atoms with E-state index in [0.717, 1.165) is 25.7 Å². The maximum absolute atomic E-state index is 12.3. The maximum atomic E-state index is 12.3. The summed E-state index contributed by atoms with van der Waals surface area (Å²) in [6.45, 7) is 3.53. The molecule has 2 rings (SSSR count). The number of carboxylic acids is 1. The number of carboxylic acid groups (broad SMARTS) is 1. The van der Waals surface area contributed by atoms with E-state index in [2.05, 4.69) is 5.32 Å². The van der Waals surface area contributed by atoms with E-state index >= 15 is 0 Å². The molecule has 0 saturated heterocycles. The van der Waals surface area contributed by atoms with Crippen molar-refractivity contribution in [2.75, 3.05) is 0 Å². The summed E-state index contributed by atoms with van der Waals surface area (Å²) < 4.78 is 5.35. The van der Waals surface area contributed by atoms with Crippen LogP contribution in [0.25, 0.3) is 0 Å². The first-order valence-electron chi connectivity index (χ1n) is 7.09. The molecule has 1 saturated carbocycles. The van der Waals surface area contributed by atoms with Crippen LogP contribution in [0.4, 0.5) is 0 Å². The van der Waals surface area contributed by atoms with Gasteiger partial charge in [0.25, 0.3) is 5.91 Å². The smallest absolute Gasteiger partial charge is 0.308 e. The van der Waals surface area contributed by atoms with Crippen LogP contribution in [0.1, 0.15) is 54.0 Å². The van der Waals surface area contributed by atoms with Gasteiger partial charge in [-0.3, -0.25) is 9.59 Å². The van der Waals surface area contributed by atoms with Gasteiger partial charge in [0, 0.05) is 6.04 Å². The summed E-state index contributed by atoms with van der Waals surface area (Å²) in [5, 5.41) is 12.2. The third kappa shape index (κ3) is 3.21. The molecule has 20 heavy (non-hydrogen) atoms. The van der Waals surface area contributed by atoms with Gasteiger partial charge in [0.2, 0.25) is 0 Å². The molecule has 1 aliphatic rings. The Labute approximate surface area is 118 Å². The van der Waals surface area contributed by atoms with E-state index in [1.807, 2.05) is 0 Å². The number of nitrogens with one attached hydrogen (secondary N) is 1. The van der Waals surface area contributed by atoms with Gasteiger partial charge < -0.3 is 14.8 Å². The number of hydrogen-bond acceptors (Lipinski definition) is 3. The number of aryl methyl sites for hydroxylation is 2. The van der Waals surface area contributed by atoms with Gasteiger partial charge in [0.15, 0.2) is 0 Å². The van der Waals surface area contributed by atoms with Gasteiger partial charge in [0.05, 0.1) is 11.5 Å². The third-order valence-electron chi connectivity index (χ3n) is 3.94. The largest absolute Gasteiger partial charge is 0.481 e. The van der Waals surface area contributed by atoms with E-state index in [9.17, 15) is 14.7 Å².